The molecule has 0 aliphatic heterocycles. The smallest absolute Gasteiger partial charge is 0.210 e. The van der Waals surface area contributed by atoms with Crippen molar-refractivity contribution in [3.05, 3.63) is 77.1 Å². The molecule has 2 aromatic heterocycles. The molecule has 3 nitrogen and oxygen atoms in total. The summed E-state index contributed by atoms with van der Waals surface area (Å²) in [5.41, 5.74) is 5.11. The molecule has 3 rings (SSSR count). The number of aromatic nitrogens is 1. The minimum absolute atomic E-state index is 0.115. The summed E-state index contributed by atoms with van der Waals surface area (Å²) >= 11 is 0. The third-order valence-electron chi connectivity index (χ3n) is 5.54. The van der Waals surface area contributed by atoms with Crippen LogP contribution in [0.25, 0.3) is 5.52 Å². The normalized spacial score (nSPS) is 11.4. The molecular weight excluding hydrogens is 344 g/mol. The summed E-state index contributed by atoms with van der Waals surface area (Å²) in [7, 11) is 0. The van der Waals surface area contributed by atoms with Gasteiger partial charge in [0.05, 0.1) is 5.69 Å². The van der Waals surface area contributed by atoms with Crippen LogP contribution in [-0.4, -0.2) is 34.7 Å². The van der Waals surface area contributed by atoms with Crippen molar-refractivity contribution in [1.82, 2.24) is 9.30 Å². The molecule has 0 atom stereocenters. The van der Waals surface area contributed by atoms with Crippen molar-refractivity contribution in [2.24, 2.45) is 0 Å². The fourth-order valence-corrected chi connectivity index (χ4v) is 3.90. The Morgan fingerprint density at radius 3 is 2.39 bits per heavy atom. The van der Waals surface area contributed by atoms with Crippen molar-refractivity contribution in [2.75, 3.05) is 19.6 Å². The van der Waals surface area contributed by atoms with E-state index in [9.17, 15) is 4.79 Å². The summed E-state index contributed by atoms with van der Waals surface area (Å²) in [6.07, 6.45) is 6.15. The van der Waals surface area contributed by atoms with Crippen molar-refractivity contribution in [3.8, 4) is 0 Å². The van der Waals surface area contributed by atoms with Crippen LogP contribution in [0.15, 0.2) is 54.7 Å². The van der Waals surface area contributed by atoms with Crippen molar-refractivity contribution >= 4 is 11.3 Å². The molecule has 0 N–H and O–H groups in total. The largest absolute Gasteiger partial charge is 0.313 e. The SMILES string of the molecule is CCCc1cc2ccccn2c1C(=O)c1ccc(CCCN(CC)CC)cc1. The van der Waals surface area contributed by atoms with E-state index in [1.54, 1.807) is 0 Å². The lowest BCUT2D eigenvalue weighted by Crippen LogP contribution is -2.24. The van der Waals surface area contributed by atoms with E-state index in [1.807, 2.05) is 34.9 Å². The van der Waals surface area contributed by atoms with Gasteiger partial charge in [-0.25, -0.2) is 0 Å². The quantitative estimate of drug-likeness (QED) is 0.443. The van der Waals surface area contributed by atoms with Crippen molar-refractivity contribution in [3.63, 3.8) is 0 Å². The second-order valence-electron chi connectivity index (χ2n) is 7.42. The minimum Gasteiger partial charge on any atom is -0.313 e. The number of aryl methyl sites for hydroxylation is 2. The monoisotopic (exact) mass is 376 g/mol. The molecule has 0 saturated heterocycles. The van der Waals surface area contributed by atoms with Gasteiger partial charge in [-0.3, -0.25) is 4.79 Å². The first kappa shape index (κ1) is 20.3. The Bertz CT molecular complexity index is 904. The maximum Gasteiger partial charge on any atom is 0.210 e. The van der Waals surface area contributed by atoms with Gasteiger partial charge in [-0.15, -0.1) is 0 Å². The maximum absolute atomic E-state index is 13.3. The number of carbonyl (C=O) groups excluding carboxylic acids is 1. The van der Waals surface area contributed by atoms with Gasteiger partial charge in [-0.2, -0.15) is 0 Å². The molecule has 3 heteroatoms. The average molecular weight is 377 g/mol. The minimum atomic E-state index is 0.115. The zero-order chi connectivity index (χ0) is 19.9. The number of pyridine rings is 1. The predicted molar refractivity (Wildman–Crippen MR) is 117 cm³/mol. The molecule has 28 heavy (non-hydrogen) atoms. The summed E-state index contributed by atoms with van der Waals surface area (Å²) in [4.78, 5) is 15.7. The molecule has 0 bridgehead atoms. The molecule has 3 aromatic rings. The lowest BCUT2D eigenvalue weighted by Gasteiger charge is -2.17. The highest BCUT2D eigenvalue weighted by Crippen LogP contribution is 2.22. The summed E-state index contributed by atoms with van der Waals surface area (Å²) in [5.74, 6) is 0.115. The molecule has 148 valence electrons. The predicted octanol–water partition coefficient (Wildman–Crippen LogP) is 5.40. The highest BCUT2D eigenvalue weighted by Gasteiger charge is 2.18. The fraction of sp³-hybridized carbons (Fsp3) is 0.400. The van der Waals surface area contributed by atoms with Gasteiger partial charge < -0.3 is 9.30 Å². The Balaban J connectivity index is 1.76. The summed E-state index contributed by atoms with van der Waals surface area (Å²) in [6, 6.07) is 16.4. The lowest BCUT2D eigenvalue weighted by molar-refractivity contribution is 0.103. The number of benzene rings is 1. The molecular formula is C25H32N2O. The Labute approximate surface area is 169 Å². The van der Waals surface area contributed by atoms with E-state index in [1.165, 1.54) is 5.56 Å². The van der Waals surface area contributed by atoms with Crippen LogP contribution in [0.1, 0.15) is 60.8 Å². The average Bonchev–Trinajstić information content (AvgIpc) is 3.09. The van der Waals surface area contributed by atoms with Crippen LogP contribution in [0.2, 0.25) is 0 Å². The van der Waals surface area contributed by atoms with Gasteiger partial charge >= 0.3 is 0 Å². The zero-order valence-corrected chi connectivity index (χ0v) is 17.4. The first-order valence-corrected chi connectivity index (χ1v) is 10.6. The molecule has 0 spiro atoms. The van der Waals surface area contributed by atoms with E-state index in [0.29, 0.717) is 0 Å². The van der Waals surface area contributed by atoms with Gasteiger partial charge in [0.15, 0.2) is 0 Å². The third-order valence-corrected chi connectivity index (χ3v) is 5.54. The zero-order valence-electron chi connectivity index (χ0n) is 17.4. The van der Waals surface area contributed by atoms with Crippen LogP contribution in [-0.2, 0) is 12.8 Å². The van der Waals surface area contributed by atoms with Crippen LogP contribution in [0.5, 0.6) is 0 Å². The Kier molecular flexibility index (Phi) is 7.05. The van der Waals surface area contributed by atoms with E-state index < -0.39 is 0 Å². The van der Waals surface area contributed by atoms with Crippen LogP contribution >= 0.6 is 0 Å². The maximum atomic E-state index is 13.3. The Morgan fingerprint density at radius 2 is 1.71 bits per heavy atom. The lowest BCUT2D eigenvalue weighted by atomic mass is 10.0. The molecule has 0 unspecified atom stereocenters. The van der Waals surface area contributed by atoms with Gasteiger partial charge in [0.1, 0.15) is 0 Å². The summed E-state index contributed by atoms with van der Waals surface area (Å²) in [5, 5.41) is 0. The Morgan fingerprint density at radius 1 is 0.964 bits per heavy atom. The number of rotatable bonds is 10. The highest BCUT2D eigenvalue weighted by atomic mass is 16.1. The molecule has 0 amide bonds. The van der Waals surface area contributed by atoms with Crippen molar-refractivity contribution in [1.29, 1.82) is 0 Å². The van der Waals surface area contributed by atoms with Crippen LogP contribution in [0.4, 0.5) is 0 Å². The van der Waals surface area contributed by atoms with E-state index in [4.69, 9.17) is 0 Å². The summed E-state index contributed by atoms with van der Waals surface area (Å²) < 4.78 is 2.03. The van der Waals surface area contributed by atoms with Gasteiger partial charge in [0, 0.05) is 17.3 Å². The molecule has 1 aromatic carbocycles. The highest BCUT2D eigenvalue weighted by molar-refractivity contribution is 6.09. The number of fused-ring (bicyclic) bond motifs is 1. The number of ketones is 1. The first-order chi connectivity index (χ1) is 13.7. The van der Waals surface area contributed by atoms with E-state index in [-0.39, 0.29) is 5.78 Å². The van der Waals surface area contributed by atoms with Gasteiger partial charge in [0.25, 0.3) is 0 Å². The second-order valence-corrected chi connectivity index (χ2v) is 7.42. The number of nitrogens with zero attached hydrogens (tertiary/aromatic N) is 2. The molecule has 2 heterocycles. The van der Waals surface area contributed by atoms with E-state index in [0.717, 1.165) is 67.7 Å². The molecule has 0 fully saturated rings. The third kappa shape index (κ3) is 4.53. The van der Waals surface area contributed by atoms with E-state index in [2.05, 4.69) is 49.9 Å². The van der Waals surface area contributed by atoms with Crippen LogP contribution in [0, 0.1) is 0 Å². The number of hydrogen-bond donors (Lipinski definition) is 0. The number of carbonyl (C=O) groups is 1. The molecule has 0 radical (unpaired) electrons. The van der Waals surface area contributed by atoms with Gasteiger partial charge in [0.2, 0.25) is 5.78 Å². The second kappa shape index (κ2) is 9.70. The number of hydrogen-bond acceptors (Lipinski definition) is 2. The summed E-state index contributed by atoms with van der Waals surface area (Å²) in [6.45, 7) is 9.92. The Hall–Kier alpha value is -2.39. The first-order valence-electron chi connectivity index (χ1n) is 10.6. The van der Waals surface area contributed by atoms with Gasteiger partial charge in [-0.1, -0.05) is 57.5 Å². The van der Waals surface area contributed by atoms with Crippen LogP contribution < -0.4 is 0 Å². The fourth-order valence-electron chi connectivity index (χ4n) is 3.90. The van der Waals surface area contributed by atoms with E-state index >= 15 is 0 Å². The van der Waals surface area contributed by atoms with Crippen molar-refractivity contribution < 1.29 is 4.79 Å². The van der Waals surface area contributed by atoms with Crippen LogP contribution in [0.3, 0.4) is 0 Å². The standard InChI is InChI=1S/C25H32N2O/c1-4-10-22-19-23-12-7-8-18-27(23)24(22)25(28)21-15-13-20(14-16-21)11-9-17-26(5-2)6-3/h7-8,12-16,18-19H,4-6,9-11,17H2,1-3H3. The van der Waals surface area contributed by atoms with Crippen molar-refractivity contribution in [2.45, 2.75) is 46.5 Å². The molecule has 0 aliphatic carbocycles. The topological polar surface area (TPSA) is 24.7 Å². The molecule has 0 saturated carbocycles. The van der Waals surface area contributed by atoms with Gasteiger partial charge in [-0.05, 0) is 68.2 Å². The molecule has 0 aliphatic rings.